The van der Waals surface area contributed by atoms with Gasteiger partial charge in [-0.25, -0.2) is 8.42 Å². The van der Waals surface area contributed by atoms with E-state index in [0.717, 1.165) is 86.7 Å². The number of rotatable bonds is 11. The summed E-state index contributed by atoms with van der Waals surface area (Å²) in [6.45, 7) is 3.58. The molecule has 2 aromatic rings. The Kier molecular flexibility index (Phi) is 9.43. The topological polar surface area (TPSA) is 70.1 Å². The molecule has 3 rings (SSSR count). The molecule has 6 nitrogen and oxygen atoms in total. The van der Waals surface area contributed by atoms with E-state index in [2.05, 4.69) is 4.90 Å². The third-order valence-corrected chi connectivity index (χ3v) is 8.03. The smallest absolute Gasteiger partial charge is 0.416 e. The van der Waals surface area contributed by atoms with Crippen molar-refractivity contribution in [2.24, 2.45) is 0 Å². The van der Waals surface area contributed by atoms with Crippen molar-refractivity contribution in [3.8, 4) is 5.75 Å². The summed E-state index contributed by atoms with van der Waals surface area (Å²) in [7, 11) is -2.64. The maximum atomic E-state index is 12.8. The minimum absolute atomic E-state index is 0.138. The number of aliphatic hydroxyl groups excluding tert-OH is 1. The van der Waals surface area contributed by atoms with Gasteiger partial charge in [0.15, 0.2) is 0 Å². The van der Waals surface area contributed by atoms with Gasteiger partial charge in [0.05, 0.1) is 28.9 Å². The average Bonchev–Trinajstić information content (AvgIpc) is 2.84. The molecule has 0 aromatic heterocycles. The van der Waals surface area contributed by atoms with E-state index in [1.165, 1.54) is 7.05 Å². The number of halogens is 3. The third kappa shape index (κ3) is 7.85. The lowest BCUT2D eigenvalue weighted by Crippen LogP contribution is -2.36. The third-order valence-electron chi connectivity index (χ3n) is 6.23. The second kappa shape index (κ2) is 12.1. The Morgan fingerprint density at radius 2 is 1.57 bits per heavy atom. The average molecular weight is 515 g/mol. The molecule has 1 saturated heterocycles. The van der Waals surface area contributed by atoms with Gasteiger partial charge in [0.2, 0.25) is 0 Å². The van der Waals surface area contributed by atoms with Gasteiger partial charge < -0.3 is 14.7 Å². The van der Waals surface area contributed by atoms with E-state index >= 15 is 0 Å². The normalized spacial score (nSPS) is 15.8. The summed E-state index contributed by atoms with van der Waals surface area (Å²) in [5.74, 6) is 0.626. The quantitative estimate of drug-likeness (QED) is 0.431. The summed E-state index contributed by atoms with van der Waals surface area (Å²) in [5.41, 5.74) is -0.522. The van der Waals surface area contributed by atoms with E-state index in [1.807, 2.05) is 0 Å². The molecule has 0 bridgehead atoms. The van der Waals surface area contributed by atoms with Gasteiger partial charge >= 0.3 is 6.18 Å². The number of ether oxygens (including phenoxy) is 1. The first-order valence-electron chi connectivity index (χ1n) is 11.9. The van der Waals surface area contributed by atoms with E-state index < -0.39 is 21.8 Å². The number of nitrogens with zero attached hydrogens (tertiary/aromatic N) is 2. The van der Waals surface area contributed by atoms with Crippen LogP contribution in [0.1, 0.15) is 44.1 Å². The van der Waals surface area contributed by atoms with Crippen LogP contribution in [0.25, 0.3) is 0 Å². The fourth-order valence-electron chi connectivity index (χ4n) is 3.99. The highest BCUT2D eigenvalue weighted by molar-refractivity contribution is 7.92. The molecule has 0 radical (unpaired) electrons. The Morgan fingerprint density at radius 1 is 0.971 bits per heavy atom. The van der Waals surface area contributed by atoms with Crippen LogP contribution in [0, 0.1) is 0 Å². The second-order valence-electron chi connectivity index (χ2n) is 8.82. The molecule has 0 atom stereocenters. The van der Waals surface area contributed by atoms with Crippen LogP contribution >= 0.6 is 0 Å². The van der Waals surface area contributed by atoms with Crippen LogP contribution in [0.3, 0.4) is 0 Å². The molecule has 0 saturated carbocycles. The Hall–Kier alpha value is -2.30. The maximum Gasteiger partial charge on any atom is 0.416 e. The number of piperidine rings is 1. The summed E-state index contributed by atoms with van der Waals surface area (Å²) in [6, 6.07) is 10.0. The van der Waals surface area contributed by atoms with E-state index in [-0.39, 0.29) is 11.0 Å². The summed E-state index contributed by atoms with van der Waals surface area (Å²) in [4.78, 5) is 2.19. The van der Waals surface area contributed by atoms with Gasteiger partial charge in [0, 0.05) is 20.1 Å². The summed E-state index contributed by atoms with van der Waals surface area (Å²) in [6.07, 6.45) is 1.29. The molecule has 1 aliphatic heterocycles. The number of hydrogen-bond acceptors (Lipinski definition) is 5. The molecule has 1 fully saturated rings. The van der Waals surface area contributed by atoms with E-state index in [9.17, 15) is 26.7 Å². The number of benzene rings is 2. The lowest BCUT2D eigenvalue weighted by molar-refractivity contribution is -0.137. The van der Waals surface area contributed by atoms with Crippen molar-refractivity contribution in [1.29, 1.82) is 0 Å². The van der Waals surface area contributed by atoms with Crippen LogP contribution in [0.2, 0.25) is 0 Å². The zero-order chi connectivity index (χ0) is 25.5. The predicted octanol–water partition coefficient (Wildman–Crippen LogP) is 4.93. The molecule has 1 heterocycles. The lowest BCUT2D eigenvalue weighted by atomic mass is 10.1. The van der Waals surface area contributed by atoms with Crippen molar-refractivity contribution in [2.75, 3.05) is 37.6 Å². The number of alkyl halides is 3. The summed E-state index contributed by atoms with van der Waals surface area (Å²) < 4.78 is 70.6. The minimum atomic E-state index is -4.53. The van der Waals surface area contributed by atoms with Gasteiger partial charge in [-0.15, -0.1) is 0 Å². The molecule has 10 heteroatoms. The number of hydrogen-bond donors (Lipinski definition) is 1. The number of unbranched alkanes of at least 4 members (excludes halogenated alkanes) is 3. The zero-order valence-electron chi connectivity index (χ0n) is 19.9. The van der Waals surface area contributed by atoms with Crippen LogP contribution in [0.5, 0.6) is 5.75 Å². The lowest BCUT2D eigenvalue weighted by Gasteiger charge is -2.29. The monoisotopic (exact) mass is 514 g/mol. The van der Waals surface area contributed by atoms with Crippen molar-refractivity contribution in [3.63, 3.8) is 0 Å². The highest BCUT2D eigenvalue weighted by atomic mass is 32.2. The number of anilines is 1. The van der Waals surface area contributed by atoms with Gasteiger partial charge in [-0.1, -0.05) is 12.8 Å². The first-order valence-corrected chi connectivity index (χ1v) is 13.3. The molecule has 2 aromatic carbocycles. The molecule has 194 valence electrons. The van der Waals surface area contributed by atoms with Crippen molar-refractivity contribution < 1.29 is 31.4 Å². The molecule has 1 N–H and O–H groups in total. The van der Waals surface area contributed by atoms with E-state index in [1.54, 1.807) is 24.3 Å². The number of sulfonamides is 1. The fraction of sp³-hybridized carbons (Fsp3) is 0.520. The molecule has 0 spiro atoms. The molecule has 0 aliphatic carbocycles. The molecule has 0 unspecified atom stereocenters. The molecule has 35 heavy (non-hydrogen) atoms. The van der Waals surface area contributed by atoms with Gasteiger partial charge in [-0.2, -0.15) is 13.2 Å². The van der Waals surface area contributed by atoms with Crippen LogP contribution in [-0.4, -0.2) is 57.8 Å². The summed E-state index contributed by atoms with van der Waals surface area (Å²) in [5, 5.41) is 9.54. The van der Waals surface area contributed by atoms with Crippen molar-refractivity contribution >= 4 is 15.7 Å². The van der Waals surface area contributed by atoms with Crippen LogP contribution in [-0.2, 0) is 16.2 Å². The first-order chi connectivity index (χ1) is 16.6. The van der Waals surface area contributed by atoms with Crippen molar-refractivity contribution in [1.82, 2.24) is 4.90 Å². The Balaban J connectivity index is 1.41. The van der Waals surface area contributed by atoms with Gasteiger partial charge in [-0.05, 0) is 80.8 Å². The molecular weight excluding hydrogens is 481 g/mol. The highest BCUT2D eigenvalue weighted by Crippen LogP contribution is 2.31. The van der Waals surface area contributed by atoms with Crippen LogP contribution in [0.4, 0.5) is 18.9 Å². The zero-order valence-corrected chi connectivity index (χ0v) is 20.7. The van der Waals surface area contributed by atoms with Crippen molar-refractivity contribution in [3.05, 3.63) is 54.1 Å². The molecular formula is C25H33F3N2O4S. The van der Waals surface area contributed by atoms with Crippen molar-refractivity contribution in [2.45, 2.75) is 55.7 Å². The Morgan fingerprint density at radius 3 is 2.17 bits per heavy atom. The molecule has 1 aliphatic rings. The Bertz CT molecular complexity index is 1020. The predicted molar refractivity (Wildman–Crippen MR) is 129 cm³/mol. The number of likely N-dealkylation sites (tertiary alicyclic amines) is 1. The van der Waals surface area contributed by atoms with Crippen LogP contribution in [0.15, 0.2) is 53.4 Å². The van der Waals surface area contributed by atoms with Gasteiger partial charge in [-0.3, -0.25) is 4.31 Å². The second-order valence-corrected chi connectivity index (χ2v) is 10.8. The highest BCUT2D eigenvalue weighted by Gasteiger charge is 2.31. The van der Waals surface area contributed by atoms with E-state index in [4.69, 9.17) is 4.74 Å². The number of aliphatic hydroxyl groups is 1. The van der Waals surface area contributed by atoms with Gasteiger partial charge in [0.25, 0.3) is 10.0 Å². The maximum absolute atomic E-state index is 12.8. The molecule has 0 amide bonds. The standard InChI is InChI=1S/C25H33F3N2O4S/c1-29(35(32,33)24-12-6-20(7-13-24)25(26,27)28)21-8-10-23(11-9-21)34-19-5-3-2-4-16-30-17-14-22(31)15-18-30/h6-13,22,31H,2-5,14-19H2,1H3. The Labute approximate surface area is 205 Å². The minimum Gasteiger partial charge on any atom is -0.494 e. The van der Waals surface area contributed by atoms with Crippen LogP contribution < -0.4 is 9.04 Å². The SMILES string of the molecule is CN(c1ccc(OCCCCCCN2CCC(O)CC2)cc1)S(=O)(=O)c1ccc(C(F)(F)F)cc1. The first kappa shape index (κ1) is 27.3. The summed E-state index contributed by atoms with van der Waals surface area (Å²) >= 11 is 0. The largest absolute Gasteiger partial charge is 0.494 e. The van der Waals surface area contributed by atoms with Gasteiger partial charge in [0.1, 0.15) is 5.75 Å². The fourth-order valence-corrected chi connectivity index (χ4v) is 5.18. The van der Waals surface area contributed by atoms with E-state index in [0.29, 0.717) is 18.0 Å².